The normalized spacial score (nSPS) is 30.2. The van der Waals surface area contributed by atoms with Gasteiger partial charge in [-0.15, -0.1) is 0 Å². The number of rotatable bonds is 6. The molecule has 3 fully saturated rings. The van der Waals surface area contributed by atoms with E-state index in [0.717, 1.165) is 62.3 Å². The molecule has 0 amide bonds. The monoisotopic (exact) mass is 445 g/mol. The van der Waals surface area contributed by atoms with Gasteiger partial charge < -0.3 is 19.7 Å². The van der Waals surface area contributed by atoms with E-state index >= 15 is 0 Å². The van der Waals surface area contributed by atoms with Crippen LogP contribution in [0.15, 0.2) is 35.7 Å². The Hall–Kier alpha value is -2.06. The quantitative estimate of drug-likeness (QED) is 0.657. The van der Waals surface area contributed by atoms with E-state index in [1.165, 1.54) is 5.70 Å². The van der Waals surface area contributed by atoms with Gasteiger partial charge in [0.25, 0.3) is 0 Å². The lowest BCUT2D eigenvalue weighted by Crippen LogP contribution is -2.54. The van der Waals surface area contributed by atoms with Gasteiger partial charge in [0.2, 0.25) is 0 Å². The number of H-pyrrole nitrogens is 1. The van der Waals surface area contributed by atoms with Crippen molar-refractivity contribution in [3.63, 3.8) is 0 Å². The number of nitrogens with one attached hydrogen (secondary N) is 1. The number of aromatic nitrogens is 1. The van der Waals surface area contributed by atoms with Crippen LogP contribution in [-0.4, -0.2) is 67.4 Å². The molecule has 5 rings (SSSR count). The molecule has 1 aromatic heterocycles. The highest BCUT2D eigenvalue weighted by molar-refractivity contribution is 7.92. The van der Waals surface area contributed by atoms with Crippen LogP contribution in [0.3, 0.4) is 0 Å². The van der Waals surface area contributed by atoms with Gasteiger partial charge in [-0.2, -0.15) is 0 Å². The number of allylic oxidation sites excluding steroid dienone is 2. The molecule has 7 nitrogen and oxygen atoms in total. The number of aromatic amines is 1. The lowest BCUT2D eigenvalue weighted by molar-refractivity contribution is 0.0288. The van der Waals surface area contributed by atoms with Crippen molar-refractivity contribution in [1.29, 1.82) is 0 Å². The molecule has 2 saturated heterocycles. The minimum atomic E-state index is -3.02. The summed E-state index contributed by atoms with van der Waals surface area (Å²) in [6.45, 7) is 6.19. The van der Waals surface area contributed by atoms with E-state index < -0.39 is 15.3 Å². The van der Waals surface area contributed by atoms with E-state index in [-0.39, 0.29) is 36.1 Å². The lowest BCUT2D eigenvalue weighted by Gasteiger charge is -2.43. The zero-order chi connectivity index (χ0) is 21.7. The summed E-state index contributed by atoms with van der Waals surface area (Å²) in [6.07, 6.45) is 11.5. The number of likely N-dealkylation sites (tertiary alicyclic amines) is 1. The van der Waals surface area contributed by atoms with E-state index in [1.54, 1.807) is 0 Å². The Morgan fingerprint density at radius 3 is 2.87 bits per heavy atom. The number of hydrogen-bond acceptors (Lipinski definition) is 6. The molecule has 3 aliphatic heterocycles. The molecule has 168 valence electrons. The molecule has 1 aromatic rings. The van der Waals surface area contributed by atoms with Gasteiger partial charge >= 0.3 is 0 Å². The summed E-state index contributed by atoms with van der Waals surface area (Å²) in [5.41, 5.74) is 1.95. The molecule has 1 spiro atoms. The van der Waals surface area contributed by atoms with E-state index in [0.29, 0.717) is 0 Å². The van der Waals surface area contributed by atoms with Gasteiger partial charge in [0.05, 0.1) is 35.9 Å². The van der Waals surface area contributed by atoms with Crippen LogP contribution in [0.25, 0.3) is 5.70 Å². The molecule has 1 atom stereocenters. The first-order valence-corrected chi connectivity index (χ1v) is 13.0. The molecule has 0 aromatic carbocycles. The van der Waals surface area contributed by atoms with E-state index in [1.807, 2.05) is 12.4 Å². The fraction of sp³-hybridized carbons (Fsp3) is 0.609. The van der Waals surface area contributed by atoms with Gasteiger partial charge in [-0.25, -0.2) is 13.4 Å². The zero-order valence-corrected chi connectivity index (χ0v) is 18.7. The molecule has 0 bridgehead atoms. The van der Waals surface area contributed by atoms with Crippen molar-refractivity contribution in [1.82, 2.24) is 9.88 Å². The van der Waals surface area contributed by atoms with Crippen molar-refractivity contribution < 1.29 is 18.3 Å². The van der Waals surface area contributed by atoms with Crippen molar-refractivity contribution in [3.8, 4) is 0 Å². The number of aliphatic hydroxyl groups excluding tert-OH is 1. The van der Waals surface area contributed by atoms with Crippen LogP contribution in [0, 0.1) is 16.7 Å². The first-order chi connectivity index (χ1) is 14.9. The van der Waals surface area contributed by atoms with Crippen molar-refractivity contribution in [2.75, 3.05) is 37.8 Å². The third kappa shape index (κ3) is 3.84. The van der Waals surface area contributed by atoms with Gasteiger partial charge in [-0.05, 0) is 43.6 Å². The second-order valence-electron chi connectivity index (χ2n) is 9.79. The van der Waals surface area contributed by atoms with Crippen molar-refractivity contribution in [3.05, 3.63) is 36.2 Å². The second-order valence-corrected chi connectivity index (χ2v) is 11.9. The fourth-order valence-corrected chi connectivity index (χ4v) is 7.66. The molecule has 2 N–H and O–H groups in total. The maximum atomic E-state index is 11.6. The number of ether oxygens (including phenoxy) is 1. The molecule has 8 heteroatoms. The SMILES string of the molecule is C=C(OCC1(CO)CS(=O)(=O)C1)[C@@H]1CCN(/C2=C/CC/C=N\c3[nH]ccc32)CC12CC2. The van der Waals surface area contributed by atoms with E-state index in [9.17, 15) is 13.5 Å². The number of hydrogen-bond donors (Lipinski definition) is 2. The first kappa shape index (κ1) is 20.8. The van der Waals surface area contributed by atoms with Gasteiger partial charge in [0, 0.05) is 42.7 Å². The number of fused-ring (bicyclic) bond motifs is 1. The highest BCUT2D eigenvalue weighted by Crippen LogP contribution is 2.59. The number of nitrogens with zero attached hydrogens (tertiary/aromatic N) is 2. The van der Waals surface area contributed by atoms with Crippen molar-refractivity contribution in [2.24, 2.45) is 21.7 Å². The third-order valence-electron chi connectivity index (χ3n) is 7.36. The summed E-state index contributed by atoms with van der Waals surface area (Å²) in [5, 5.41) is 9.69. The maximum absolute atomic E-state index is 11.6. The molecule has 1 saturated carbocycles. The molecular formula is C23H31N3O4S. The van der Waals surface area contributed by atoms with Gasteiger partial charge in [-0.3, -0.25) is 0 Å². The van der Waals surface area contributed by atoms with Crippen LogP contribution >= 0.6 is 0 Å². The zero-order valence-electron chi connectivity index (χ0n) is 17.8. The predicted octanol–water partition coefficient (Wildman–Crippen LogP) is 2.89. The molecule has 4 heterocycles. The Labute approximate surface area is 183 Å². The average Bonchev–Trinajstić information content (AvgIpc) is 3.31. The summed E-state index contributed by atoms with van der Waals surface area (Å²) < 4.78 is 29.3. The van der Waals surface area contributed by atoms with Crippen molar-refractivity contribution in [2.45, 2.75) is 32.1 Å². The molecule has 1 aliphatic carbocycles. The molecular weight excluding hydrogens is 414 g/mol. The standard InChI is InChI=1S/C23H31N3O4S/c1-17(30-14-22(13-27)15-31(28,29)16-22)19-6-11-26(12-23(19)7-8-23)20-4-2-3-9-24-21-18(20)5-10-25-21/h4-5,9-10,19,25,27H,1-3,6-8,11-16H2/b20-4+,24-9-/t19-/m0/s1. The minimum Gasteiger partial charge on any atom is -0.497 e. The Morgan fingerprint density at radius 1 is 1.35 bits per heavy atom. The second kappa shape index (κ2) is 7.52. The van der Waals surface area contributed by atoms with E-state index in [2.05, 4.69) is 33.6 Å². The summed E-state index contributed by atoms with van der Waals surface area (Å²) in [7, 11) is -3.02. The topological polar surface area (TPSA) is 95.0 Å². The Balaban J connectivity index is 1.26. The number of sulfone groups is 1. The van der Waals surface area contributed by atoms with Gasteiger partial charge in [0.1, 0.15) is 5.82 Å². The highest BCUT2D eigenvalue weighted by atomic mass is 32.2. The molecule has 0 radical (unpaired) electrons. The largest absolute Gasteiger partial charge is 0.497 e. The van der Waals surface area contributed by atoms with Gasteiger partial charge in [-0.1, -0.05) is 12.7 Å². The van der Waals surface area contributed by atoms with Crippen LogP contribution in [-0.2, 0) is 14.6 Å². The predicted molar refractivity (Wildman–Crippen MR) is 121 cm³/mol. The maximum Gasteiger partial charge on any atom is 0.151 e. The molecule has 0 unspecified atom stereocenters. The molecule has 31 heavy (non-hydrogen) atoms. The highest BCUT2D eigenvalue weighted by Gasteiger charge is 2.55. The van der Waals surface area contributed by atoms with Crippen LogP contribution in [0.5, 0.6) is 0 Å². The summed E-state index contributed by atoms with van der Waals surface area (Å²) in [6, 6.07) is 2.11. The fourth-order valence-electron chi connectivity index (χ4n) is 5.53. The minimum absolute atomic E-state index is 0.00298. The third-order valence-corrected chi connectivity index (χ3v) is 9.46. The number of piperidine rings is 1. The van der Waals surface area contributed by atoms with Gasteiger partial charge in [0.15, 0.2) is 9.84 Å². The van der Waals surface area contributed by atoms with Crippen LogP contribution < -0.4 is 0 Å². The first-order valence-electron chi connectivity index (χ1n) is 11.1. The van der Waals surface area contributed by atoms with Crippen LogP contribution in [0.1, 0.15) is 37.7 Å². The molecule has 4 aliphatic rings. The number of aliphatic imine (C=N–C) groups is 1. The summed E-state index contributed by atoms with van der Waals surface area (Å²) in [4.78, 5) is 10.3. The lowest BCUT2D eigenvalue weighted by atomic mass is 9.80. The summed E-state index contributed by atoms with van der Waals surface area (Å²) in [5.74, 6) is 1.96. The Kier molecular flexibility index (Phi) is 5.05. The van der Waals surface area contributed by atoms with Crippen molar-refractivity contribution >= 4 is 27.6 Å². The smallest absolute Gasteiger partial charge is 0.151 e. The average molecular weight is 446 g/mol. The van der Waals surface area contributed by atoms with Crippen LogP contribution in [0.4, 0.5) is 5.82 Å². The number of aliphatic hydroxyl groups is 1. The Morgan fingerprint density at radius 2 is 2.16 bits per heavy atom. The Bertz CT molecular complexity index is 1020. The summed E-state index contributed by atoms with van der Waals surface area (Å²) >= 11 is 0. The van der Waals surface area contributed by atoms with Crippen LogP contribution in [0.2, 0.25) is 0 Å². The van der Waals surface area contributed by atoms with E-state index in [4.69, 9.17) is 4.74 Å².